The van der Waals surface area contributed by atoms with Crippen molar-refractivity contribution in [1.82, 2.24) is 0 Å². The number of aryl methyl sites for hydroxylation is 1. The molecule has 3 atom stereocenters. The van der Waals surface area contributed by atoms with Gasteiger partial charge in [0.05, 0.1) is 6.10 Å². The zero-order valence-electron chi connectivity index (χ0n) is 35.3. The topological polar surface area (TPSA) is 35.5 Å². The van der Waals surface area contributed by atoms with Gasteiger partial charge in [-0.2, -0.15) is 0 Å². The summed E-state index contributed by atoms with van der Waals surface area (Å²) in [5, 5.41) is 0. The van der Waals surface area contributed by atoms with Crippen molar-refractivity contribution in [3.8, 4) is 11.5 Å². The lowest BCUT2D eigenvalue weighted by Crippen LogP contribution is -2.21. The second kappa shape index (κ2) is 22.3. The third-order valence-electron chi connectivity index (χ3n) is 10.9. The zero-order chi connectivity index (χ0) is 38.1. The van der Waals surface area contributed by atoms with E-state index in [1.807, 2.05) is 39.0 Å². The minimum Gasteiger partial charge on any atom is -0.490 e. The highest BCUT2D eigenvalue weighted by molar-refractivity contribution is 5.85. The Morgan fingerprint density at radius 3 is 2.22 bits per heavy atom. The Morgan fingerprint density at radius 2 is 1.59 bits per heavy atom. The molecule has 0 saturated heterocycles. The Labute approximate surface area is 315 Å². The summed E-state index contributed by atoms with van der Waals surface area (Å²) in [5.74, 6) is 4.00. The first-order valence-electron chi connectivity index (χ1n) is 20.5. The van der Waals surface area contributed by atoms with Crippen LogP contribution in [0.25, 0.3) is 0 Å². The van der Waals surface area contributed by atoms with Gasteiger partial charge in [-0.25, -0.2) is 4.79 Å². The van der Waals surface area contributed by atoms with E-state index in [9.17, 15) is 4.79 Å². The van der Waals surface area contributed by atoms with Crippen LogP contribution in [0, 0.1) is 37.0 Å². The van der Waals surface area contributed by atoms with E-state index in [1.54, 1.807) is 6.08 Å². The van der Waals surface area contributed by atoms with E-state index in [0.717, 1.165) is 58.6 Å². The van der Waals surface area contributed by atoms with E-state index in [0.29, 0.717) is 5.75 Å². The molecule has 0 bridgehead atoms. The highest BCUT2D eigenvalue weighted by Crippen LogP contribution is 2.41. The molecule has 1 heterocycles. The number of allylic oxidation sites excluding steroid dienone is 9. The number of fused-ring (bicyclic) bond motifs is 1. The minimum atomic E-state index is -0.359. The molecule has 0 aromatic heterocycles. The Bertz CT molecular complexity index is 1400. The van der Waals surface area contributed by atoms with Gasteiger partial charge in [0.25, 0.3) is 0 Å². The van der Waals surface area contributed by atoms with Gasteiger partial charge in [0.1, 0.15) is 11.5 Å². The summed E-state index contributed by atoms with van der Waals surface area (Å²) in [6, 6.07) is 1.91. The quantitative estimate of drug-likeness (QED) is 0.0745. The summed E-state index contributed by atoms with van der Waals surface area (Å²) in [6.07, 6.45) is 29.3. The maximum absolute atomic E-state index is 12.6. The van der Waals surface area contributed by atoms with Gasteiger partial charge in [-0.05, 0) is 125 Å². The average Bonchev–Trinajstić information content (AvgIpc) is 3.03. The van der Waals surface area contributed by atoms with Crippen LogP contribution in [0.15, 0.2) is 64.8 Å². The third kappa shape index (κ3) is 16.2. The van der Waals surface area contributed by atoms with Crippen LogP contribution in [0.3, 0.4) is 0 Å². The van der Waals surface area contributed by atoms with Gasteiger partial charge in [0.15, 0.2) is 0 Å². The molecule has 51 heavy (non-hydrogen) atoms. The first-order chi connectivity index (χ1) is 24.0. The highest BCUT2D eigenvalue weighted by Gasteiger charge is 2.26. The Balaban J connectivity index is 0.000000475. The molecule has 2 aliphatic rings. The van der Waals surface area contributed by atoms with E-state index < -0.39 is 0 Å². The molecular formula is C48H76O3. The van der Waals surface area contributed by atoms with Crippen molar-refractivity contribution in [3.05, 3.63) is 81.5 Å². The van der Waals surface area contributed by atoms with Crippen molar-refractivity contribution in [1.29, 1.82) is 0 Å². The molecule has 1 aromatic carbocycles. The fraction of sp³-hybridized carbons (Fsp3) is 0.646. The summed E-state index contributed by atoms with van der Waals surface area (Å²) in [6.45, 7) is 28.9. The van der Waals surface area contributed by atoms with Gasteiger partial charge in [0, 0.05) is 11.6 Å². The maximum atomic E-state index is 12.6. The molecular weight excluding hydrogens is 625 g/mol. The first kappa shape index (κ1) is 44.4. The summed E-state index contributed by atoms with van der Waals surface area (Å²) in [4.78, 5) is 12.6. The van der Waals surface area contributed by atoms with Gasteiger partial charge in [-0.3, -0.25) is 0 Å². The number of rotatable bonds is 16. The van der Waals surface area contributed by atoms with E-state index >= 15 is 0 Å². The van der Waals surface area contributed by atoms with E-state index in [2.05, 4.69) is 87.5 Å². The maximum Gasteiger partial charge on any atom is 0.336 e. The molecule has 0 saturated carbocycles. The van der Waals surface area contributed by atoms with Gasteiger partial charge in [-0.1, -0.05) is 141 Å². The SMILES string of the molecule is CC1=C(/C=C/C(C)=C/C=C/C(C)=C/C(=O)Oc2cc(C)c3c(c2C)CCC(C)O3)C(C)(C)CCC1.CCCC(C)CCCC(C)CCCC(C)C. The van der Waals surface area contributed by atoms with E-state index in [4.69, 9.17) is 9.47 Å². The van der Waals surface area contributed by atoms with Gasteiger partial charge < -0.3 is 9.47 Å². The Kier molecular flexibility index (Phi) is 19.4. The molecule has 3 rings (SSSR count). The summed E-state index contributed by atoms with van der Waals surface area (Å²) >= 11 is 0. The molecule has 1 aliphatic carbocycles. The van der Waals surface area contributed by atoms with Crippen molar-refractivity contribution in [2.75, 3.05) is 0 Å². The smallest absolute Gasteiger partial charge is 0.336 e. The van der Waals surface area contributed by atoms with Crippen molar-refractivity contribution >= 4 is 5.97 Å². The fourth-order valence-corrected chi connectivity index (χ4v) is 7.58. The van der Waals surface area contributed by atoms with Crippen LogP contribution in [0.5, 0.6) is 11.5 Å². The second-order valence-corrected chi connectivity index (χ2v) is 17.2. The fourth-order valence-electron chi connectivity index (χ4n) is 7.58. The molecule has 0 N–H and O–H groups in total. The van der Waals surface area contributed by atoms with Crippen LogP contribution in [-0.4, -0.2) is 12.1 Å². The number of carbonyl (C=O) groups is 1. The molecule has 0 amide bonds. The van der Waals surface area contributed by atoms with Crippen LogP contribution in [0.4, 0.5) is 0 Å². The van der Waals surface area contributed by atoms with Gasteiger partial charge in [0.2, 0.25) is 0 Å². The van der Waals surface area contributed by atoms with E-state index in [-0.39, 0.29) is 17.5 Å². The number of esters is 1. The number of benzene rings is 1. The predicted molar refractivity (Wildman–Crippen MR) is 222 cm³/mol. The van der Waals surface area contributed by atoms with Crippen molar-refractivity contribution in [3.63, 3.8) is 0 Å². The van der Waals surface area contributed by atoms with Crippen LogP contribution in [0.2, 0.25) is 0 Å². The van der Waals surface area contributed by atoms with Crippen LogP contribution in [0.1, 0.15) is 170 Å². The highest BCUT2D eigenvalue weighted by atomic mass is 16.5. The van der Waals surface area contributed by atoms with Crippen molar-refractivity contribution in [2.45, 2.75) is 180 Å². The molecule has 0 spiro atoms. The molecule has 3 nitrogen and oxygen atoms in total. The lowest BCUT2D eigenvalue weighted by Gasteiger charge is -2.32. The minimum absolute atomic E-state index is 0.222. The molecule has 0 radical (unpaired) electrons. The molecule has 1 aliphatic heterocycles. The molecule has 0 fully saturated rings. The summed E-state index contributed by atoms with van der Waals surface area (Å²) in [5.41, 5.74) is 8.39. The van der Waals surface area contributed by atoms with Crippen LogP contribution >= 0.6 is 0 Å². The number of hydrogen-bond donors (Lipinski definition) is 0. The van der Waals surface area contributed by atoms with E-state index in [1.165, 1.54) is 87.3 Å². The third-order valence-corrected chi connectivity index (χ3v) is 10.9. The normalized spacial score (nSPS) is 19.1. The van der Waals surface area contributed by atoms with Gasteiger partial charge >= 0.3 is 5.97 Å². The lowest BCUT2D eigenvalue weighted by molar-refractivity contribution is -0.129. The first-order valence-corrected chi connectivity index (χ1v) is 20.5. The molecule has 3 heteroatoms. The van der Waals surface area contributed by atoms with Crippen molar-refractivity contribution < 1.29 is 14.3 Å². The summed E-state index contributed by atoms with van der Waals surface area (Å²) in [7, 11) is 0. The summed E-state index contributed by atoms with van der Waals surface area (Å²) < 4.78 is 11.7. The average molecular weight is 701 g/mol. The largest absolute Gasteiger partial charge is 0.490 e. The van der Waals surface area contributed by atoms with Crippen molar-refractivity contribution in [2.24, 2.45) is 23.2 Å². The van der Waals surface area contributed by atoms with Crippen LogP contribution < -0.4 is 9.47 Å². The van der Waals surface area contributed by atoms with Crippen LogP contribution in [-0.2, 0) is 11.2 Å². The molecule has 1 aromatic rings. The number of carbonyl (C=O) groups excluding carboxylic acids is 1. The number of ether oxygens (including phenoxy) is 2. The Morgan fingerprint density at radius 1 is 0.941 bits per heavy atom. The monoisotopic (exact) mass is 701 g/mol. The zero-order valence-corrected chi connectivity index (χ0v) is 35.3. The van der Waals surface area contributed by atoms with Gasteiger partial charge in [-0.15, -0.1) is 0 Å². The Hall–Kier alpha value is -2.81. The molecule has 286 valence electrons. The standard InChI is InChI=1S/C32H42O3.C16H34/c1-21(14-17-28-23(3)13-10-18-32(28,7)8)11-9-12-22(2)19-30(33)35-29-20-24(4)31-27(26(29)6)16-15-25(5)34-31;1-6-9-15(4)12-8-13-16(5)11-7-10-14(2)3/h9,11-12,14,17,19-20,25H,10,13,15-16,18H2,1-8H3;14-16H,6-13H2,1-5H3/b12-9+,17-14+,21-11+,22-19+;. The molecule has 3 unspecified atom stereocenters. The second-order valence-electron chi connectivity index (χ2n) is 17.2. The predicted octanol–water partition coefficient (Wildman–Crippen LogP) is 14.5. The number of hydrogen-bond acceptors (Lipinski definition) is 3. The lowest BCUT2D eigenvalue weighted by atomic mass is 9.72.